The summed E-state index contributed by atoms with van der Waals surface area (Å²) in [5.74, 6) is 1.95. The third-order valence-corrected chi connectivity index (χ3v) is 5.81. The molecule has 1 amide bonds. The SMILES string of the molecule is COc1ccc(CC(=O)NC(CN2CCCC2)C(O)c2ccc3c(c2)OCCO3)cc1. The van der Waals surface area contributed by atoms with Crippen LogP contribution in [0.2, 0.25) is 0 Å². The average Bonchev–Trinajstić information content (AvgIpc) is 3.31. The monoisotopic (exact) mass is 426 g/mol. The molecule has 0 saturated carbocycles. The Labute approximate surface area is 182 Å². The van der Waals surface area contributed by atoms with Crippen molar-refractivity contribution >= 4 is 5.91 Å². The molecular formula is C24H30N2O5. The number of ether oxygens (including phenoxy) is 3. The second kappa shape index (κ2) is 10.0. The van der Waals surface area contributed by atoms with Gasteiger partial charge in [-0.3, -0.25) is 4.79 Å². The molecule has 0 spiro atoms. The predicted octanol–water partition coefficient (Wildman–Crippen LogP) is 2.32. The van der Waals surface area contributed by atoms with Gasteiger partial charge in [0.15, 0.2) is 11.5 Å². The quantitative estimate of drug-likeness (QED) is 0.675. The summed E-state index contributed by atoms with van der Waals surface area (Å²) >= 11 is 0. The Bertz CT molecular complexity index is 880. The molecule has 0 aromatic heterocycles. The summed E-state index contributed by atoms with van der Waals surface area (Å²) in [6, 6.07) is 12.5. The number of carbonyl (C=O) groups excluding carboxylic acids is 1. The number of likely N-dealkylation sites (tertiary alicyclic amines) is 1. The van der Waals surface area contributed by atoms with E-state index >= 15 is 0 Å². The van der Waals surface area contributed by atoms with E-state index < -0.39 is 12.1 Å². The van der Waals surface area contributed by atoms with Crippen LogP contribution in [0.1, 0.15) is 30.1 Å². The maximum absolute atomic E-state index is 12.8. The molecule has 2 N–H and O–H groups in total. The van der Waals surface area contributed by atoms with Crippen molar-refractivity contribution in [2.45, 2.75) is 31.4 Å². The average molecular weight is 427 g/mol. The van der Waals surface area contributed by atoms with Crippen LogP contribution in [0.5, 0.6) is 17.2 Å². The summed E-state index contributed by atoms with van der Waals surface area (Å²) in [7, 11) is 1.62. The molecule has 166 valence electrons. The molecule has 0 aliphatic carbocycles. The van der Waals surface area contributed by atoms with Crippen LogP contribution in [-0.2, 0) is 11.2 Å². The smallest absolute Gasteiger partial charge is 0.224 e. The largest absolute Gasteiger partial charge is 0.497 e. The zero-order valence-corrected chi connectivity index (χ0v) is 17.9. The molecule has 2 aliphatic rings. The van der Waals surface area contributed by atoms with Gasteiger partial charge in [0.2, 0.25) is 5.91 Å². The van der Waals surface area contributed by atoms with Gasteiger partial charge in [0, 0.05) is 6.54 Å². The lowest BCUT2D eigenvalue weighted by Crippen LogP contribution is -2.47. The number of aliphatic hydroxyl groups excluding tert-OH is 1. The minimum absolute atomic E-state index is 0.119. The van der Waals surface area contributed by atoms with Crippen LogP contribution >= 0.6 is 0 Å². The Morgan fingerprint density at radius 2 is 1.81 bits per heavy atom. The molecule has 7 nitrogen and oxygen atoms in total. The Kier molecular flexibility index (Phi) is 6.94. The molecule has 1 saturated heterocycles. The van der Waals surface area contributed by atoms with Gasteiger partial charge in [0.1, 0.15) is 25.1 Å². The van der Waals surface area contributed by atoms with Crippen LogP contribution in [0.15, 0.2) is 42.5 Å². The Morgan fingerprint density at radius 3 is 2.52 bits per heavy atom. The topological polar surface area (TPSA) is 80.3 Å². The fraction of sp³-hybridized carbons (Fsp3) is 0.458. The zero-order chi connectivity index (χ0) is 21.6. The fourth-order valence-electron chi connectivity index (χ4n) is 4.13. The molecular weight excluding hydrogens is 396 g/mol. The molecule has 7 heteroatoms. The predicted molar refractivity (Wildman–Crippen MR) is 117 cm³/mol. The van der Waals surface area contributed by atoms with Crippen molar-refractivity contribution in [3.63, 3.8) is 0 Å². The lowest BCUT2D eigenvalue weighted by atomic mass is 10.0. The number of amides is 1. The highest BCUT2D eigenvalue weighted by atomic mass is 16.6. The van der Waals surface area contributed by atoms with Crippen molar-refractivity contribution in [3.05, 3.63) is 53.6 Å². The van der Waals surface area contributed by atoms with Gasteiger partial charge in [-0.05, 0) is 61.3 Å². The summed E-state index contributed by atoms with van der Waals surface area (Å²) in [5.41, 5.74) is 1.60. The molecule has 0 radical (unpaired) electrons. The van der Waals surface area contributed by atoms with Crippen molar-refractivity contribution in [2.24, 2.45) is 0 Å². The number of benzene rings is 2. The first-order valence-corrected chi connectivity index (χ1v) is 10.8. The number of rotatable bonds is 8. The van der Waals surface area contributed by atoms with Gasteiger partial charge in [-0.2, -0.15) is 0 Å². The number of nitrogens with zero attached hydrogens (tertiary/aromatic N) is 1. The molecule has 2 unspecified atom stereocenters. The normalized spacial score (nSPS) is 17.7. The van der Waals surface area contributed by atoms with Crippen LogP contribution in [0.3, 0.4) is 0 Å². The second-order valence-corrected chi connectivity index (χ2v) is 8.05. The highest BCUT2D eigenvalue weighted by Crippen LogP contribution is 2.33. The minimum Gasteiger partial charge on any atom is -0.497 e. The van der Waals surface area contributed by atoms with Crippen molar-refractivity contribution in [1.29, 1.82) is 0 Å². The molecule has 4 rings (SSSR count). The molecule has 2 aliphatic heterocycles. The Morgan fingerprint density at radius 1 is 1.10 bits per heavy atom. The number of fused-ring (bicyclic) bond motifs is 1. The third-order valence-electron chi connectivity index (χ3n) is 5.81. The minimum atomic E-state index is -0.851. The highest BCUT2D eigenvalue weighted by Gasteiger charge is 2.27. The standard InChI is InChI=1S/C24H30N2O5/c1-29-19-7-4-17(5-8-19)14-23(27)25-20(16-26-10-2-3-11-26)24(28)18-6-9-21-22(15-18)31-13-12-30-21/h4-9,15,20,24,28H,2-3,10-14,16H2,1H3,(H,25,27). The second-order valence-electron chi connectivity index (χ2n) is 8.05. The first-order chi connectivity index (χ1) is 15.1. The van der Waals surface area contributed by atoms with E-state index in [-0.39, 0.29) is 12.3 Å². The van der Waals surface area contributed by atoms with Crippen LogP contribution in [0, 0.1) is 0 Å². The van der Waals surface area contributed by atoms with E-state index in [0.717, 1.165) is 37.2 Å². The Hall–Kier alpha value is -2.77. The summed E-state index contributed by atoms with van der Waals surface area (Å²) in [6.45, 7) is 3.58. The molecule has 31 heavy (non-hydrogen) atoms. The molecule has 2 aromatic rings. The molecule has 2 aromatic carbocycles. The lowest BCUT2D eigenvalue weighted by molar-refractivity contribution is -0.122. The number of hydrogen-bond acceptors (Lipinski definition) is 6. The van der Waals surface area contributed by atoms with Crippen LogP contribution in [-0.4, -0.2) is 61.9 Å². The maximum atomic E-state index is 12.8. The highest BCUT2D eigenvalue weighted by molar-refractivity contribution is 5.79. The van der Waals surface area contributed by atoms with E-state index in [4.69, 9.17) is 14.2 Å². The first kappa shape index (κ1) is 21.5. The number of aliphatic hydroxyl groups is 1. The van der Waals surface area contributed by atoms with Gasteiger partial charge in [-0.15, -0.1) is 0 Å². The van der Waals surface area contributed by atoms with Gasteiger partial charge in [-0.25, -0.2) is 0 Å². The molecule has 0 bridgehead atoms. The van der Waals surface area contributed by atoms with E-state index in [9.17, 15) is 9.90 Å². The van der Waals surface area contributed by atoms with Gasteiger partial charge in [0.25, 0.3) is 0 Å². The fourth-order valence-corrected chi connectivity index (χ4v) is 4.13. The number of hydrogen-bond donors (Lipinski definition) is 2. The third kappa shape index (κ3) is 5.48. The summed E-state index contributed by atoms with van der Waals surface area (Å²) in [4.78, 5) is 15.1. The number of carbonyl (C=O) groups is 1. The van der Waals surface area contributed by atoms with Crippen LogP contribution in [0.25, 0.3) is 0 Å². The van der Waals surface area contributed by atoms with Gasteiger partial charge >= 0.3 is 0 Å². The van der Waals surface area contributed by atoms with Gasteiger partial charge in [0.05, 0.1) is 19.6 Å². The van der Waals surface area contributed by atoms with E-state index in [1.54, 1.807) is 7.11 Å². The van der Waals surface area contributed by atoms with E-state index in [1.807, 2.05) is 42.5 Å². The summed E-state index contributed by atoms with van der Waals surface area (Å²) in [6.07, 6.45) is 1.68. The van der Waals surface area contributed by atoms with Crippen molar-refractivity contribution in [1.82, 2.24) is 10.2 Å². The number of nitrogens with one attached hydrogen (secondary N) is 1. The van der Waals surface area contributed by atoms with Crippen molar-refractivity contribution < 1.29 is 24.1 Å². The lowest BCUT2D eigenvalue weighted by Gasteiger charge is -2.29. The van der Waals surface area contributed by atoms with E-state index in [2.05, 4.69) is 10.2 Å². The molecule has 2 atom stereocenters. The Balaban J connectivity index is 1.47. The van der Waals surface area contributed by atoms with E-state index in [1.165, 1.54) is 0 Å². The maximum Gasteiger partial charge on any atom is 0.224 e. The number of methoxy groups -OCH3 is 1. The molecule has 1 fully saturated rings. The van der Waals surface area contributed by atoms with Crippen molar-refractivity contribution in [2.75, 3.05) is 40.0 Å². The van der Waals surface area contributed by atoms with Crippen molar-refractivity contribution in [3.8, 4) is 17.2 Å². The molecule has 2 heterocycles. The summed E-state index contributed by atoms with van der Waals surface area (Å²) in [5, 5.41) is 14.2. The van der Waals surface area contributed by atoms with Crippen LogP contribution in [0.4, 0.5) is 0 Å². The van der Waals surface area contributed by atoms with Crippen LogP contribution < -0.4 is 19.5 Å². The first-order valence-electron chi connectivity index (χ1n) is 10.8. The van der Waals surface area contributed by atoms with Gasteiger partial charge in [-0.1, -0.05) is 18.2 Å². The summed E-state index contributed by atoms with van der Waals surface area (Å²) < 4.78 is 16.4. The van der Waals surface area contributed by atoms with Gasteiger partial charge < -0.3 is 29.5 Å². The van der Waals surface area contributed by atoms with E-state index in [0.29, 0.717) is 36.8 Å². The zero-order valence-electron chi connectivity index (χ0n) is 17.9.